The molecule has 38 heavy (non-hydrogen) atoms. The van der Waals surface area contributed by atoms with Crippen LogP contribution in [0.3, 0.4) is 0 Å². The van der Waals surface area contributed by atoms with Gasteiger partial charge in [-0.1, -0.05) is 47.7 Å². The number of hydrogen-bond acceptors (Lipinski definition) is 4. The molecule has 1 heterocycles. The lowest BCUT2D eigenvalue weighted by Gasteiger charge is -2.36. The van der Waals surface area contributed by atoms with Crippen LogP contribution in [-0.2, 0) is 29.0 Å². The van der Waals surface area contributed by atoms with Crippen molar-refractivity contribution >= 4 is 28.5 Å². The molecule has 0 aliphatic heterocycles. The van der Waals surface area contributed by atoms with Gasteiger partial charge in [-0.05, 0) is 81.8 Å². The van der Waals surface area contributed by atoms with Crippen molar-refractivity contribution in [3.63, 3.8) is 0 Å². The third kappa shape index (κ3) is 5.16. The lowest BCUT2D eigenvalue weighted by atomic mass is 9.89. The Morgan fingerprint density at radius 3 is 2.53 bits per heavy atom. The molecule has 0 radical (unpaired) electrons. The van der Waals surface area contributed by atoms with Crippen LogP contribution in [0.4, 0.5) is 10.1 Å². The molecule has 0 saturated carbocycles. The maximum absolute atomic E-state index is 15.4. The second-order valence-corrected chi connectivity index (χ2v) is 10.8. The summed E-state index contributed by atoms with van der Waals surface area (Å²) in [5, 5.41) is 11.4. The molecule has 1 aliphatic carbocycles. The molecule has 1 aromatic heterocycles. The molecule has 2 amide bonds. The number of fused-ring (bicyclic) bond motifs is 2. The summed E-state index contributed by atoms with van der Waals surface area (Å²) in [5.74, 6) is -1.37. The summed E-state index contributed by atoms with van der Waals surface area (Å²) in [6, 6.07) is 18.2. The Morgan fingerprint density at radius 2 is 1.74 bits per heavy atom. The maximum atomic E-state index is 15.4. The van der Waals surface area contributed by atoms with Crippen molar-refractivity contribution in [3.05, 3.63) is 89.2 Å². The van der Waals surface area contributed by atoms with Crippen LogP contribution in [0.25, 0.3) is 11.0 Å². The van der Waals surface area contributed by atoms with Crippen molar-refractivity contribution in [2.75, 3.05) is 4.90 Å². The number of benzene rings is 3. The lowest BCUT2D eigenvalue weighted by molar-refractivity contribution is -0.128. The summed E-state index contributed by atoms with van der Waals surface area (Å²) in [6.45, 7) is 5.43. The molecule has 0 bridgehead atoms. The first kappa shape index (κ1) is 25.6. The number of carbonyl (C=O) groups is 2. The number of nitrogens with one attached hydrogen (secondary N) is 1. The molecular weight excluding hydrogens is 481 g/mol. The van der Waals surface area contributed by atoms with E-state index in [0.717, 1.165) is 36.8 Å². The van der Waals surface area contributed by atoms with Crippen molar-refractivity contribution in [2.45, 2.75) is 64.6 Å². The number of para-hydroxylation sites is 1. The monoisotopic (exact) mass is 513 g/mol. The van der Waals surface area contributed by atoms with Gasteiger partial charge in [0.05, 0.1) is 5.52 Å². The SMILES string of the molecule is CC(C)(C)NC(=O)[C@H](c1ccccc1F)N(C(=O)Cn1nnc2ccccc21)c1cccc2c1CCCC2. The second-order valence-electron chi connectivity index (χ2n) is 10.8. The number of rotatable bonds is 6. The van der Waals surface area contributed by atoms with E-state index in [1.54, 1.807) is 18.2 Å². The van der Waals surface area contributed by atoms with Crippen LogP contribution in [0, 0.1) is 5.82 Å². The third-order valence-corrected chi connectivity index (χ3v) is 6.81. The first-order chi connectivity index (χ1) is 18.2. The minimum absolute atomic E-state index is 0.138. The van der Waals surface area contributed by atoms with Gasteiger partial charge in [0.15, 0.2) is 0 Å². The average Bonchev–Trinajstić information content (AvgIpc) is 3.29. The molecule has 5 rings (SSSR count). The highest BCUT2D eigenvalue weighted by molar-refractivity contribution is 6.02. The van der Waals surface area contributed by atoms with E-state index in [1.807, 2.05) is 57.2 Å². The first-order valence-electron chi connectivity index (χ1n) is 13.0. The van der Waals surface area contributed by atoms with Gasteiger partial charge in [0.1, 0.15) is 23.9 Å². The highest BCUT2D eigenvalue weighted by Gasteiger charge is 2.37. The van der Waals surface area contributed by atoms with Gasteiger partial charge in [-0.2, -0.15) is 0 Å². The molecule has 196 valence electrons. The molecule has 8 heteroatoms. The maximum Gasteiger partial charge on any atom is 0.249 e. The van der Waals surface area contributed by atoms with Crippen LogP contribution in [0.15, 0.2) is 66.7 Å². The fourth-order valence-corrected chi connectivity index (χ4v) is 5.18. The van der Waals surface area contributed by atoms with Gasteiger partial charge >= 0.3 is 0 Å². The quantitative estimate of drug-likeness (QED) is 0.387. The van der Waals surface area contributed by atoms with E-state index in [-0.39, 0.29) is 18.0 Å². The molecule has 0 unspecified atom stereocenters. The van der Waals surface area contributed by atoms with E-state index in [0.29, 0.717) is 16.7 Å². The number of aryl methyl sites for hydroxylation is 1. The van der Waals surface area contributed by atoms with Crippen molar-refractivity contribution in [1.82, 2.24) is 20.3 Å². The number of carbonyl (C=O) groups excluding carboxylic acids is 2. The van der Waals surface area contributed by atoms with Gasteiger partial charge in [0, 0.05) is 16.8 Å². The predicted octanol–water partition coefficient (Wildman–Crippen LogP) is 5.14. The Kier molecular flexibility index (Phi) is 6.97. The van der Waals surface area contributed by atoms with Gasteiger partial charge < -0.3 is 5.32 Å². The average molecular weight is 514 g/mol. The van der Waals surface area contributed by atoms with Gasteiger partial charge in [-0.15, -0.1) is 5.10 Å². The van der Waals surface area contributed by atoms with Crippen LogP contribution in [-0.4, -0.2) is 32.3 Å². The zero-order chi connectivity index (χ0) is 26.9. The molecule has 1 atom stereocenters. The highest BCUT2D eigenvalue weighted by Crippen LogP contribution is 2.37. The van der Waals surface area contributed by atoms with E-state index in [9.17, 15) is 9.59 Å². The Bertz CT molecular complexity index is 1490. The van der Waals surface area contributed by atoms with Gasteiger partial charge in [-0.3, -0.25) is 14.5 Å². The minimum atomic E-state index is -1.22. The molecule has 0 spiro atoms. The third-order valence-electron chi connectivity index (χ3n) is 6.81. The molecule has 1 aliphatic rings. The number of hydrogen-bond donors (Lipinski definition) is 1. The van der Waals surface area contributed by atoms with Crippen molar-refractivity contribution in [1.29, 1.82) is 0 Å². The van der Waals surface area contributed by atoms with Crippen LogP contribution in [0.2, 0.25) is 0 Å². The lowest BCUT2D eigenvalue weighted by Crippen LogP contribution is -2.50. The van der Waals surface area contributed by atoms with Crippen LogP contribution in [0.5, 0.6) is 0 Å². The molecular formula is C30H32FN5O2. The molecule has 0 saturated heterocycles. The van der Waals surface area contributed by atoms with Crippen molar-refractivity contribution < 1.29 is 14.0 Å². The van der Waals surface area contributed by atoms with Crippen LogP contribution in [0.1, 0.15) is 56.3 Å². The van der Waals surface area contributed by atoms with Gasteiger partial charge in [0.2, 0.25) is 11.8 Å². The number of aromatic nitrogens is 3. The number of anilines is 1. The zero-order valence-electron chi connectivity index (χ0n) is 21.9. The standard InChI is InChI=1S/C30H32FN5O2/c1-30(2,3)32-29(38)28(22-14-6-7-15-23(22)31)36(25-18-10-12-20-11-4-5-13-21(20)25)27(37)19-35-26-17-9-8-16-24(26)33-34-35/h6-10,12,14-18,28H,4-5,11,13,19H2,1-3H3,(H,32,38)/t28-/m0/s1. The molecule has 7 nitrogen and oxygen atoms in total. The molecule has 3 aromatic carbocycles. The first-order valence-corrected chi connectivity index (χ1v) is 13.0. The largest absolute Gasteiger partial charge is 0.349 e. The minimum Gasteiger partial charge on any atom is -0.349 e. The van der Waals surface area contributed by atoms with Crippen LogP contribution >= 0.6 is 0 Å². The summed E-state index contributed by atoms with van der Waals surface area (Å²) in [5.41, 5.74) is 3.74. The Morgan fingerprint density at radius 1 is 1.00 bits per heavy atom. The smallest absolute Gasteiger partial charge is 0.249 e. The van der Waals surface area contributed by atoms with Gasteiger partial charge in [0.25, 0.3) is 0 Å². The topological polar surface area (TPSA) is 80.1 Å². The van der Waals surface area contributed by atoms with Gasteiger partial charge in [-0.25, -0.2) is 9.07 Å². The molecule has 0 fully saturated rings. The number of amides is 2. The van der Waals surface area contributed by atoms with E-state index < -0.39 is 23.3 Å². The Balaban J connectivity index is 1.67. The summed E-state index contributed by atoms with van der Waals surface area (Å²) < 4.78 is 16.9. The van der Waals surface area contributed by atoms with E-state index >= 15 is 4.39 Å². The van der Waals surface area contributed by atoms with E-state index in [4.69, 9.17) is 0 Å². The van der Waals surface area contributed by atoms with E-state index in [2.05, 4.69) is 21.7 Å². The zero-order valence-corrected chi connectivity index (χ0v) is 21.9. The van der Waals surface area contributed by atoms with E-state index in [1.165, 1.54) is 15.6 Å². The summed E-state index contributed by atoms with van der Waals surface area (Å²) >= 11 is 0. The summed E-state index contributed by atoms with van der Waals surface area (Å²) in [7, 11) is 0. The molecule has 1 N–H and O–H groups in total. The fraction of sp³-hybridized carbons (Fsp3) is 0.333. The summed E-state index contributed by atoms with van der Waals surface area (Å²) in [4.78, 5) is 29.7. The predicted molar refractivity (Wildman–Crippen MR) is 145 cm³/mol. The van der Waals surface area contributed by atoms with Crippen LogP contribution < -0.4 is 10.2 Å². The Labute approximate surface area is 221 Å². The number of halogens is 1. The summed E-state index contributed by atoms with van der Waals surface area (Å²) in [6.07, 6.45) is 3.73. The Hall–Kier alpha value is -4.07. The van der Waals surface area contributed by atoms with Crippen molar-refractivity contribution in [2.24, 2.45) is 0 Å². The highest BCUT2D eigenvalue weighted by atomic mass is 19.1. The normalized spacial score (nSPS) is 14.1. The second kappa shape index (κ2) is 10.4. The number of nitrogens with zero attached hydrogens (tertiary/aromatic N) is 4. The van der Waals surface area contributed by atoms with Crippen molar-refractivity contribution in [3.8, 4) is 0 Å². The fourth-order valence-electron chi connectivity index (χ4n) is 5.18. The molecule has 4 aromatic rings.